The molecule has 1 amide bonds. The first kappa shape index (κ1) is 9.48. The molecule has 0 aromatic rings. The SMILES string of the molecule is CC(C)OC1CN(C(=O)CO)C1. The Kier molecular flexibility index (Phi) is 3.05. The molecule has 0 atom stereocenters. The highest BCUT2D eigenvalue weighted by atomic mass is 16.5. The number of carbonyl (C=O) groups excluding carboxylic acids is 1. The summed E-state index contributed by atoms with van der Waals surface area (Å²) in [5.74, 6) is -0.210. The van der Waals surface area contributed by atoms with E-state index in [9.17, 15) is 4.79 Å². The Morgan fingerprint density at radius 1 is 1.67 bits per heavy atom. The molecule has 0 saturated carbocycles. The molecular formula is C8H15NO3. The topological polar surface area (TPSA) is 49.8 Å². The van der Waals surface area contributed by atoms with Crippen molar-refractivity contribution in [2.75, 3.05) is 19.7 Å². The van der Waals surface area contributed by atoms with Crippen molar-refractivity contribution in [2.45, 2.75) is 26.1 Å². The molecule has 1 aliphatic heterocycles. The van der Waals surface area contributed by atoms with Gasteiger partial charge in [-0.05, 0) is 13.8 Å². The summed E-state index contributed by atoms with van der Waals surface area (Å²) in [4.78, 5) is 12.4. The fourth-order valence-electron chi connectivity index (χ4n) is 1.21. The zero-order valence-corrected chi connectivity index (χ0v) is 7.49. The van der Waals surface area contributed by atoms with Gasteiger partial charge in [-0.1, -0.05) is 0 Å². The number of amides is 1. The van der Waals surface area contributed by atoms with E-state index in [1.54, 1.807) is 4.90 Å². The molecule has 70 valence electrons. The van der Waals surface area contributed by atoms with Crippen LogP contribution in [0.1, 0.15) is 13.8 Å². The lowest BCUT2D eigenvalue weighted by atomic mass is 10.1. The van der Waals surface area contributed by atoms with Gasteiger partial charge in [0.25, 0.3) is 0 Å². The van der Waals surface area contributed by atoms with Gasteiger partial charge >= 0.3 is 0 Å². The molecule has 0 aliphatic carbocycles. The van der Waals surface area contributed by atoms with Gasteiger partial charge in [0.05, 0.1) is 12.2 Å². The Labute approximate surface area is 72.1 Å². The monoisotopic (exact) mass is 173 g/mol. The molecule has 0 bridgehead atoms. The van der Waals surface area contributed by atoms with E-state index in [-0.39, 0.29) is 18.1 Å². The molecule has 0 radical (unpaired) electrons. The van der Waals surface area contributed by atoms with E-state index in [0.717, 1.165) is 0 Å². The molecule has 1 N–H and O–H groups in total. The van der Waals surface area contributed by atoms with Crippen molar-refractivity contribution in [3.8, 4) is 0 Å². The van der Waals surface area contributed by atoms with Crippen molar-refractivity contribution in [1.82, 2.24) is 4.90 Å². The van der Waals surface area contributed by atoms with Gasteiger partial charge in [0.2, 0.25) is 5.91 Å². The minimum atomic E-state index is -0.394. The van der Waals surface area contributed by atoms with Crippen molar-refractivity contribution in [1.29, 1.82) is 0 Å². The van der Waals surface area contributed by atoms with E-state index >= 15 is 0 Å². The van der Waals surface area contributed by atoms with Gasteiger partial charge in [-0.2, -0.15) is 0 Å². The maximum absolute atomic E-state index is 10.8. The first-order valence-corrected chi connectivity index (χ1v) is 4.17. The van der Waals surface area contributed by atoms with Crippen LogP contribution in [-0.4, -0.2) is 47.8 Å². The van der Waals surface area contributed by atoms with Crippen LogP contribution >= 0.6 is 0 Å². The normalized spacial score (nSPS) is 18.2. The summed E-state index contributed by atoms with van der Waals surface area (Å²) in [5.41, 5.74) is 0. The molecule has 1 saturated heterocycles. The van der Waals surface area contributed by atoms with Crippen molar-refractivity contribution >= 4 is 5.91 Å². The van der Waals surface area contributed by atoms with E-state index in [4.69, 9.17) is 9.84 Å². The van der Waals surface area contributed by atoms with E-state index in [1.807, 2.05) is 13.8 Å². The first-order valence-electron chi connectivity index (χ1n) is 4.17. The van der Waals surface area contributed by atoms with Gasteiger partial charge in [-0.25, -0.2) is 0 Å². The molecule has 0 aromatic carbocycles. The van der Waals surface area contributed by atoms with Crippen LogP contribution in [0, 0.1) is 0 Å². The van der Waals surface area contributed by atoms with Gasteiger partial charge in [-0.3, -0.25) is 4.79 Å². The van der Waals surface area contributed by atoms with Gasteiger partial charge in [0.15, 0.2) is 0 Å². The predicted octanol–water partition coefficient (Wildman–Crippen LogP) is -0.385. The quantitative estimate of drug-likeness (QED) is 0.632. The maximum Gasteiger partial charge on any atom is 0.248 e. The number of aliphatic hydroxyl groups excluding tert-OH is 1. The van der Waals surface area contributed by atoms with E-state index < -0.39 is 6.61 Å². The Hall–Kier alpha value is -0.610. The summed E-state index contributed by atoms with van der Waals surface area (Å²) < 4.78 is 5.44. The molecule has 0 spiro atoms. The lowest BCUT2D eigenvalue weighted by Crippen LogP contribution is -2.56. The van der Waals surface area contributed by atoms with E-state index in [0.29, 0.717) is 13.1 Å². The lowest BCUT2D eigenvalue weighted by molar-refractivity contribution is -0.150. The van der Waals surface area contributed by atoms with Crippen molar-refractivity contribution in [3.05, 3.63) is 0 Å². The van der Waals surface area contributed by atoms with E-state index in [1.165, 1.54) is 0 Å². The second-order valence-electron chi connectivity index (χ2n) is 3.26. The molecule has 0 unspecified atom stereocenters. The van der Waals surface area contributed by atoms with Gasteiger partial charge in [-0.15, -0.1) is 0 Å². The molecule has 1 aliphatic rings. The van der Waals surface area contributed by atoms with Crippen LogP contribution in [0.2, 0.25) is 0 Å². The molecule has 1 fully saturated rings. The smallest absolute Gasteiger partial charge is 0.248 e. The van der Waals surface area contributed by atoms with E-state index in [2.05, 4.69) is 0 Å². The Morgan fingerprint density at radius 3 is 2.67 bits per heavy atom. The molecule has 1 rings (SSSR count). The fraction of sp³-hybridized carbons (Fsp3) is 0.875. The Balaban J connectivity index is 2.15. The molecule has 4 heteroatoms. The number of hydrogen-bond donors (Lipinski definition) is 1. The predicted molar refractivity (Wildman–Crippen MR) is 43.7 cm³/mol. The van der Waals surface area contributed by atoms with Crippen LogP contribution in [0.5, 0.6) is 0 Å². The molecular weight excluding hydrogens is 158 g/mol. The van der Waals surface area contributed by atoms with Crippen LogP contribution in [0.15, 0.2) is 0 Å². The van der Waals surface area contributed by atoms with Crippen LogP contribution in [0.4, 0.5) is 0 Å². The van der Waals surface area contributed by atoms with Crippen molar-refractivity contribution < 1.29 is 14.6 Å². The minimum Gasteiger partial charge on any atom is -0.387 e. The van der Waals surface area contributed by atoms with Crippen molar-refractivity contribution in [3.63, 3.8) is 0 Å². The third-order valence-electron chi connectivity index (χ3n) is 1.80. The summed E-state index contributed by atoms with van der Waals surface area (Å²) in [7, 11) is 0. The van der Waals surface area contributed by atoms with Gasteiger partial charge in [0, 0.05) is 13.1 Å². The zero-order chi connectivity index (χ0) is 9.14. The number of rotatable bonds is 3. The fourth-order valence-corrected chi connectivity index (χ4v) is 1.21. The highest BCUT2D eigenvalue weighted by molar-refractivity contribution is 5.78. The highest BCUT2D eigenvalue weighted by Crippen LogP contribution is 2.13. The zero-order valence-electron chi connectivity index (χ0n) is 7.49. The second kappa shape index (κ2) is 3.87. The number of carbonyl (C=O) groups is 1. The van der Waals surface area contributed by atoms with Gasteiger partial charge < -0.3 is 14.7 Å². The van der Waals surface area contributed by atoms with Crippen molar-refractivity contribution in [2.24, 2.45) is 0 Å². The molecule has 12 heavy (non-hydrogen) atoms. The second-order valence-corrected chi connectivity index (χ2v) is 3.26. The third-order valence-corrected chi connectivity index (χ3v) is 1.80. The number of likely N-dealkylation sites (tertiary alicyclic amines) is 1. The largest absolute Gasteiger partial charge is 0.387 e. The average Bonchev–Trinajstić information content (AvgIpc) is 1.94. The number of ether oxygens (including phenoxy) is 1. The van der Waals surface area contributed by atoms with Gasteiger partial charge in [0.1, 0.15) is 6.61 Å². The summed E-state index contributed by atoms with van der Waals surface area (Å²) in [5, 5.41) is 8.51. The lowest BCUT2D eigenvalue weighted by Gasteiger charge is -2.39. The summed E-state index contributed by atoms with van der Waals surface area (Å²) in [6.07, 6.45) is 0.377. The first-order chi connectivity index (χ1) is 5.63. The molecule has 1 heterocycles. The Bertz CT molecular complexity index is 164. The number of aliphatic hydroxyl groups is 1. The Morgan fingerprint density at radius 2 is 2.25 bits per heavy atom. The van der Waals surface area contributed by atoms with Crippen LogP contribution in [0.3, 0.4) is 0 Å². The summed E-state index contributed by atoms with van der Waals surface area (Å²) in [6, 6.07) is 0. The summed E-state index contributed by atoms with van der Waals surface area (Å²) >= 11 is 0. The number of hydrogen-bond acceptors (Lipinski definition) is 3. The third kappa shape index (κ3) is 2.19. The van der Waals surface area contributed by atoms with Crippen LogP contribution in [-0.2, 0) is 9.53 Å². The minimum absolute atomic E-state index is 0.167. The maximum atomic E-state index is 10.8. The summed E-state index contributed by atoms with van der Waals surface area (Å²) in [6.45, 7) is 4.79. The molecule has 4 nitrogen and oxygen atoms in total. The number of nitrogens with zero attached hydrogens (tertiary/aromatic N) is 1. The standard InChI is InChI=1S/C8H15NO3/c1-6(2)12-7-3-9(4-7)8(11)5-10/h6-7,10H,3-5H2,1-2H3. The molecule has 0 aromatic heterocycles. The van der Waals surface area contributed by atoms with Crippen LogP contribution < -0.4 is 0 Å². The highest BCUT2D eigenvalue weighted by Gasteiger charge is 2.31. The average molecular weight is 173 g/mol. The van der Waals surface area contributed by atoms with Crippen LogP contribution in [0.25, 0.3) is 0 Å².